The van der Waals surface area contributed by atoms with E-state index < -0.39 is 10.2 Å². The number of nitrogens with one attached hydrogen (secondary N) is 2. The van der Waals surface area contributed by atoms with Gasteiger partial charge in [-0.3, -0.25) is 20.2 Å². The largest absolute Gasteiger partial charge is 2.00 e. The predicted molar refractivity (Wildman–Crippen MR) is 117 cm³/mol. The van der Waals surface area contributed by atoms with Crippen LogP contribution in [0.4, 0.5) is 0 Å². The van der Waals surface area contributed by atoms with Gasteiger partial charge in [0, 0.05) is 25.2 Å². The zero-order valence-electron chi connectivity index (χ0n) is 17.5. The van der Waals surface area contributed by atoms with E-state index in [2.05, 4.69) is 40.3 Å². The van der Waals surface area contributed by atoms with Crippen LogP contribution in [0.5, 0.6) is 0 Å². The predicted octanol–water partition coefficient (Wildman–Crippen LogP) is -0.492. The molecule has 19 heteroatoms. The summed E-state index contributed by atoms with van der Waals surface area (Å²) >= 11 is 0. The van der Waals surface area contributed by atoms with E-state index in [9.17, 15) is 0 Å². The molecule has 4 rings (SSSR count). The molecule has 0 aliphatic rings. The topological polar surface area (TPSA) is 307 Å². The molecule has 0 saturated heterocycles. The molecular weight excluding hydrogens is 519 g/mol. The summed E-state index contributed by atoms with van der Waals surface area (Å²) < 4.78 is 0. The van der Waals surface area contributed by atoms with Gasteiger partial charge in [-0.25, -0.2) is 9.97 Å². The van der Waals surface area contributed by atoms with Crippen LogP contribution in [0.1, 0.15) is 11.6 Å². The SMILES string of the molecule is O=[N+]([O-])[O-].O=[N+]([O-])[O-].[Co+2].[OH3+].[OH3+].c1ccc(-c2n[nH]c(CCc3nc(-c4ccccn4)n[nH]3)n2)nc1. The number of nitrogens with zero attached hydrogens (tertiary/aromatic N) is 8. The summed E-state index contributed by atoms with van der Waals surface area (Å²) in [6.45, 7) is 0. The maximum atomic E-state index is 8.25. The minimum Gasteiger partial charge on any atom is -0.457 e. The van der Waals surface area contributed by atoms with Crippen LogP contribution in [-0.2, 0) is 40.6 Å². The first-order valence-corrected chi connectivity index (χ1v) is 8.63. The van der Waals surface area contributed by atoms with Gasteiger partial charge in [0.25, 0.3) is 0 Å². The van der Waals surface area contributed by atoms with E-state index in [1.807, 2.05) is 36.4 Å². The fourth-order valence-corrected chi connectivity index (χ4v) is 2.27. The Balaban J connectivity index is 0. The zero-order valence-corrected chi connectivity index (χ0v) is 18.6. The molecule has 4 heterocycles. The first kappa shape index (κ1) is 32.6. The molecule has 0 amide bonds. The summed E-state index contributed by atoms with van der Waals surface area (Å²) in [5, 5.41) is 43.8. The smallest absolute Gasteiger partial charge is 0.457 e. The van der Waals surface area contributed by atoms with Gasteiger partial charge in [-0.1, -0.05) is 12.1 Å². The molecule has 0 spiro atoms. The second-order valence-corrected chi connectivity index (χ2v) is 5.59. The van der Waals surface area contributed by atoms with Gasteiger partial charge in [-0.05, 0) is 24.3 Å². The van der Waals surface area contributed by atoms with E-state index in [1.54, 1.807) is 12.4 Å². The Morgan fingerprint density at radius 3 is 1.31 bits per heavy atom. The van der Waals surface area contributed by atoms with E-state index in [4.69, 9.17) is 30.6 Å². The third-order valence-electron chi connectivity index (χ3n) is 3.45. The Bertz CT molecular complexity index is 1030. The molecule has 189 valence electrons. The van der Waals surface area contributed by atoms with E-state index >= 15 is 0 Å². The fourth-order valence-electron chi connectivity index (χ4n) is 2.27. The van der Waals surface area contributed by atoms with Gasteiger partial charge in [0.1, 0.15) is 23.0 Å². The number of hydrogen-bond donors (Lipinski definition) is 2. The van der Waals surface area contributed by atoms with Crippen molar-refractivity contribution in [3.63, 3.8) is 0 Å². The Morgan fingerprint density at radius 2 is 1.03 bits per heavy atom. The average Bonchev–Trinajstić information content (AvgIpc) is 3.43. The van der Waals surface area contributed by atoms with Crippen molar-refractivity contribution in [2.24, 2.45) is 0 Å². The van der Waals surface area contributed by atoms with Gasteiger partial charge in [-0.15, -0.1) is 0 Å². The maximum absolute atomic E-state index is 8.25. The van der Waals surface area contributed by atoms with Gasteiger partial charge in [0.05, 0.1) is 10.2 Å². The van der Waals surface area contributed by atoms with Crippen LogP contribution >= 0.6 is 0 Å². The minimum atomic E-state index is -1.75. The number of aromatic nitrogens is 8. The van der Waals surface area contributed by atoms with Crippen molar-refractivity contribution in [2.45, 2.75) is 12.8 Å². The Kier molecular flexibility index (Phi) is 15.8. The van der Waals surface area contributed by atoms with E-state index in [-0.39, 0.29) is 27.7 Å². The quantitative estimate of drug-likeness (QED) is 0.184. The van der Waals surface area contributed by atoms with Gasteiger partial charge >= 0.3 is 16.8 Å². The molecule has 35 heavy (non-hydrogen) atoms. The van der Waals surface area contributed by atoms with Gasteiger partial charge in [0.15, 0.2) is 11.6 Å². The molecule has 0 aromatic carbocycles. The monoisotopic (exact) mass is 539 g/mol. The number of H-pyrrole nitrogens is 2. The van der Waals surface area contributed by atoms with Crippen LogP contribution in [0.15, 0.2) is 48.8 Å². The average molecular weight is 539 g/mol. The third kappa shape index (κ3) is 12.3. The standard InChI is InChI=1S/C16H14N8.Co.2NO3.2H2O/c1-3-9-17-11(5-1)15-19-13(21-23-15)7-8-14-20-16(24-22-14)12-6-2-4-10-18-12;;2*2-1(3)4;;/h1-6,9-10H,7-8H2,(H,19,21,23)(H,20,22,24);;;;2*1H2/q;+2;2*-1;;/p+2. The molecule has 1 radical (unpaired) electrons. The Hall–Kier alpha value is -4.59. The summed E-state index contributed by atoms with van der Waals surface area (Å²) in [5.74, 6) is 2.76. The number of aryl methyl sites for hydroxylation is 2. The first-order chi connectivity index (χ1) is 15.3. The Labute approximate surface area is 205 Å². The normalized spacial score (nSPS) is 8.80. The van der Waals surface area contributed by atoms with Crippen molar-refractivity contribution in [3.05, 3.63) is 91.1 Å². The molecule has 4 aromatic rings. The van der Waals surface area contributed by atoms with E-state index in [0.29, 0.717) is 24.5 Å². The molecule has 18 nitrogen and oxygen atoms in total. The Morgan fingerprint density at radius 1 is 0.686 bits per heavy atom. The van der Waals surface area contributed by atoms with Crippen LogP contribution < -0.4 is 0 Å². The van der Waals surface area contributed by atoms with Crippen molar-refractivity contribution >= 4 is 0 Å². The van der Waals surface area contributed by atoms with Gasteiger partial charge in [-0.2, -0.15) is 10.2 Å². The number of aromatic amines is 2. The number of pyridine rings is 2. The molecule has 0 unspecified atom stereocenters. The second kappa shape index (κ2) is 17.0. The molecule has 8 N–H and O–H groups in total. The number of hydrogen-bond acceptors (Lipinski definition) is 12. The van der Waals surface area contributed by atoms with Crippen molar-refractivity contribution in [1.29, 1.82) is 0 Å². The molecule has 0 aliphatic heterocycles. The first-order valence-electron chi connectivity index (χ1n) is 8.63. The summed E-state index contributed by atoms with van der Waals surface area (Å²) in [6, 6.07) is 11.3. The summed E-state index contributed by atoms with van der Waals surface area (Å²) in [6.07, 6.45) is 4.80. The fraction of sp³-hybridized carbons (Fsp3) is 0.125. The molecule has 0 saturated carbocycles. The molecule has 0 bridgehead atoms. The maximum Gasteiger partial charge on any atom is 2.00 e. The molecular formula is C16H20CoN10O8+2. The van der Waals surface area contributed by atoms with Gasteiger partial charge in [0.2, 0.25) is 0 Å². The molecule has 0 fully saturated rings. The zero-order chi connectivity index (χ0) is 23.3. The van der Waals surface area contributed by atoms with Crippen LogP contribution in [-0.4, -0.2) is 50.5 Å². The third-order valence-corrected chi connectivity index (χ3v) is 3.45. The summed E-state index contributed by atoms with van der Waals surface area (Å²) in [4.78, 5) is 33.9. The molecule has 4 aromatic heterocycles. The minimum absolute atomic E-state index is 0. The van der Waals surface area contributed by atoms with E-state index in [0.717, 1.165) is 23.0 Å². The van der Waals surface area contributed by atoms with Crippen LogP contribution in [0.3, 0.4) is 0 Å². The second-order valence-electron chi connectivity index (χ2n) is 5.59. The van der Waals surface area contributed by atoms with Crippen LogP contribution in [0.2, 0.25) is 0 Å². The van der Waals surface area contributed by atoms with Crippen molar-refractivity contribution in [1.82, 2.24) is 40.3 Å². The summed E-state index contributed by atoms with van der Waals surface area (Å²) in [5.41, 5.74) is 1.49. The van der Waals surface area contributed by atoms with E-state index in [1.165, 1.54) is 0 Å². The van der Waals surface area contributed by atoms with Crippen LogP contribution in [0, 0.1) is 30.6 Å². The van der Waals surface area contributed by atoms with Crippen molar-refractivity contribution in [2.75, 3.05) is 0 Å². The number of rotatable bonds is 5. The van der Waals surface area contributed by atoms with Gasteiger partial charge < -0.3 is 41.6 Å². The molecule has 0 aliphatic carbocycles. The molecule has 0 atom stereocenters. The summed E-state index contributed by atoms with van der Waals surface area (Å²) in [7, 11) is 0. The van der Waals surface area contributed by atoms with Crippen LogP contribution in [0.25, 0.3) is 23.0 Å². The van der Waals surface area contributed by atoms with Crippen molar-refractivity contribution in [3.8, 4) is 23.0 Å². The van der Waals surface area contributed by atoms with Crippen molar-refractivity contribution < 1.29 is 37.9 Å².